The third-order valence-corrected chi connectivity index (χ3v) is 4.46. The maximum Gasteiger partial charge on any atom is 0.238 e. The Bertz CT molecular complexity index is 798. The summed E-state index contributed by atoms with van der Waals surface area (Å²) in [6.07, 6.45) is 0.633. The van der Waals surface area contributed by atoms with Crippen LogP contribution in [0.3, 0.4) is 0 Å². The van der Waals surface area contributed by atoms with Crippen LogP contribution < -0.4 is 10.5 Å². The zero-order valence-corrected chi connectivity index (χ0v) is 13.9. The van der Waals surface area contributed by atoms with Gasteiger partial charge < -0.3 is 9.84 Å². The monoisotopic (exact) mass is 357 g/mol. The number of primary sulfonamides is 1. The number of aryl methyl sites for hydroxylation is 1. The van der Waals surface area contributed by atoms with Crippen molar-refractivity contribution in [3.05, 3.63) is 46.3 Å². The molecule has 0 radical (unpaired) electrons. The van der Waals surface area contributed by atoms with Gasteiger partial charge in [0, 0.05) is 18.5 Å². The number of sulfonamides is 1. The number of hydrogen-bond acceptors (Lipinski definition) is 5. The molecule has 7 nitrogen and oxygen atoms in total. The molecule has 124 valence electrons. The van der Waals surface area contributed by atoms with Crippen molar-refractivity contribution in [2.75, 3.05) is 0 Å². The molecule has 23 heavy (non-hydrogen) atoms. The highest BCUT2D eigenvalue weighted by molar-refractivity contribution is 7.89. The summed E-state index contributed by atoms with van der Waals surface area (Å²) >= 11 is 5.83. The van der Waals surface area contributed by atoms with Gasteiger partial charge in [0.25, 0.3) is 0 Å². The molecule has 2 aromatic rings. The van der Waals surface area contributed by atoms with Crippen molar-refractivity contribution in [2.45, 2.75) is 31.2 Å². The van der Waals surface area contributed by atoms with Crippen molar-refractivity contribution >= 4 is 27.5 Å². The van der Waals surface area contributed by atoms with Crippen LogP contribution in [0.25, 0.3) is 0 Å². The van der Waals surface area contributed by atoms with E-state index in [9.17, 15) is 13.2 Å². The van der Waals surface area contributed by atoms with Crippen molar-refractivity contribution < 1.29 is 17.7 Å². The van der Waals surface area contributed by atoms with Gasteiger partial charge in [-0.2, -0.15) is 0 Å². The summed E-state index contributed by atoms with van der Waals surface area (Å²) in [6, 6.07) is 6.10. The normalized spacial score (nSPS) is 11.4. The summed E-state index contributed by atoms with van der Waals surface area (Å²) in [7, 11) is -3.76. The Morgan fingerprint density at radius 2 is 2.17 bits per heavy atom. The summed E-state index contributed by atoms with van der Waals surface area (Å²) in [4.78, 5) is 11.9. The minimum absolute atomic E-state index is 0.0103. The predicted molar refractivity (Wildman–Crippen MR) is 84.2 cm³/mol. The van der Waals surface area contributed by atoms with Gasteiger partial charge in [-0.1, -0.05) is 17.3 Å². The smallest absolute Gasteiger partial charge is 0.238 e. The van der Waals surface area contributed by atoms with Gasteiger partial charge in [0.1, 0.15) is 0 Å². The summed E-state index contributed by atoms with van der Waals surface area (Å²) in [5, 5.41) is 11.7. The molecule has 1 heterocycles. The van der Waals surface area contributed by atoms with Crippen LogP contribution in [-0.4, -0.2) is 19.5 Å². The number of rotatable bonds is 6. The maximum absolute atomic E-state index is 11.9. The number of benzene rings is 1. The molecular weight excluding hydrogens is 342 g/mol. The van der Waals surface area contributed by atoms with Gasteiger partial charge in [0.15, 0.2) is 0 Å². The highest BCUT2D eigenvalue weighted by atomic mass is 35.5. The molecule has 0 bridgehead atoms. The van der Waals surface area contributed by atoms with Crippen molar-refractivity contribution in [3.8, 4) is 0 Å². The highest BCUT2D eigenvalue weighted by Gasteiger charge is 2.13. The van der Waals surface area contributed by atoms with Crippen molar-refractivity contribution in [1.82, 2.24) is 10.5 Å². The number of carbonyl (C=O) groups is 1. The van der Waals surface area contributed by atoms with Crippen LogP contribution in [0.5, 0.6) is 0 Å². The van der Waals surface area contributed by atoms with Gasteiger partial charge in [0.2, 0.25) is 21.1 Å². The fourth-order valence-corrected chi connectivity index (χ4v) is 2.85. The molecule has 0 saturated carbocycles. The second-order valence-electron chi connectivity index (χ2n) is 4.99. The molecule has 0 aliphatic heterocycles. The quantitative estimate of drug-likeness (QED) is 0.813. The van der Waals surface area contributed by atoms with Gasteiger partial charge in [-0.15, -0.1) is 0 Å². The third kappa shape index (κ3) is 4.78. The standard InChI is InChI=1S/C14H16ClN3O4S/c1-9-12(14(15)22-18-9)5-6-13(19)17-8-10-3-2-4-11(7-10)23(16,20)21/h2-4,7H,5-6,8H2,1H3,(H,17,19)(H2,16,20,21). The third-order valence-electron chi connectivity index (χ3n) is 3.26. The molecule has 1 amide bonds. The first-order valence-electron chi connectivity index (χ1n) is 6.76. The second kappa shape index (κ2) is 7.12. The van der Waals surface area contributed by atoms with Gasteiger partial charge in [0.05, 0.1) is 10.6 Å². The van der Waals surface area contributed by atoms with E-state index < -0.39 is 10.0 Å². The van der Waals surface area contributed by atoms with Crippen LogP contribution in [0.1, 0.15) is 23.2 Å². The number of amides is 1. The Kier molecular flexibility index (Phi) is 5.40. The number of aromatic nitrogens is 1. The minimum atomic E-state index is -3.76. The van der Waals surface area contributed by atoms with Gasteiger partial charge in [-0.25, -0.2) is 13.6 Å². The zero-order valence-electron chi connectivity index (χ0n) is 12.4. The topological polar surface area (TPSA) is 115 Å². The number of nitrogens with zero attached hydrogens (tertiary/aromatic N) is 1. The van der Waals surface area contributed by atoms with E-state index in [0.29, 0.717) is 23.2 Å². The van der Waals surface area contributed by atoms with E-state index >= 15 is 0 Å². The van der Waals surface area contributed by atoms with E-state index in [1.807, 2.05) is 0 Å². The highest BCUT2D eigenvalue weighted by Crippen LogP contribution is 2.20. The Morgan fingerprint density at radius 3 is 2.78 bits per heavy atom. The number of hydrogen-bond donors (Lipinski definition) is 2. The molecule has 1 aromatic carbocycles. The molecule has 2 rings (SSSR count). The number of halogens is 1. The lowest BCUT2D eigenvalue weighted by molar-refractivity contribution is -0.121. The molecule has 3 N–H and O–H groups in total. The average Bonchev–Trinajstić information content (AvgIpc) is 2.81. The van der Waals surface area contributed by atoms with Crippen molar-refractivity contribution in [3.63, 3.8) is 0 Å². The van der Waals surface area contributed by atoms with E-state index in [0.717, 1.165) is 0 Å². The maximum atomic E-state index is 11.9. The van der Waals surface area contributed by atoms with E-state index in [1.165, 1.54) is 12.1 Å². The molecule has 1 aromatic heterocycles. The molecule has 0 aliphatic rings. The van der Waals surface area contributed by atoms with Crippen LogP contribution in [0, 0.1) is 6.92 Å². The van der Waals surface area contributed by atoms with Gasteiger partial charge in [-0.3, -0.25) is 4.79 Å². The lowest BCUT2D eigenvalue weighted by Gasteiger charge is -2.06. The SMILES string of the molecule is Cc1noc(Cl)c1CCC(=O)NCc1cccc(S(N)(=O)=O)c1. The predicted octanol–water partition coefficient (Wildman–Crippen LogP) is 1.53. The fourth-order valence-electron chi connectivity index (χ4n) is 2.00. The van der Waals surface area contributed by atoms with Gasteiger partial charge in [-0.05, 0) is 42.6 Å². The first-order chi connectivity index (χ1) is 10.8. The molecular formula is C14H16ClN3O4S. The average molecular weight is 358 g/mol. The largest absolute Gasteiger partial charge is 0.352 e. The van der Waals surface area contributed by atoms with Crippen LogP contribution in [0.2, 0.25) is 5.22 Å². The molecule has 0 fully saturated rings. The van der Waals surface area contributed by atoms with Crippen LogP contribution in [0.4, 0.5) is 0 Å². The summed E-state index contributed by atoms with van der Waals surface area (Å²) in [5.74, 6) is -0.192. The molecule has 0 unspecified atom stereocenters. The Balaban J connectivity index is 1.90. The molecule has 9 heteroatoms. The summed E-state index contributed by atoms with van der Waals surface area (Å²) in [5.41, 5.74) is 2.01. The number of carbonyl (C=O) groups excluding carboxylic acids is 1. The lowest BCUT2D eigenvalue weighted by Crippen LogP contribution is -2.23. The van der Waals surface area contributed by atoms with E-state index in [-0.39, 0.29) is 29.0 Å². The Hall–Kier alpha value is -1.90. The first-order valence-corrected chi connectivity index (χ1v) is 8.69. The molecule has 0 spiro atoms. The summed E-state index contributed by atoms with van der Waals surface area (Å²) < 4.78 is 27.4. The second-order valence-corrected chi connectivity index (χ2v) is 6.89. The van der Waals surface area contributed by atoms with Crippen LogP contribution >= 0.6 is 11.6 Å². The van der Waals surface area contributed by atoms with E-state index in [1.54, 1.807) is 19.1 Å². The Labute approximate surface area is 138 Å². The van der Waals surface area contributed by atoms with Crippen LogP contribution in [0.15, 0.2) is 33.7 Å². The molecule has 0 aliphatic carbocycles. The zero-order chi connectivity index (χ0) is 17.0. The molecule has 0 saturated heterocycles. The molecule has 0 atom stereocenters. The lowest BCUT2D eigenvalue weighted by atomic mass is 10.1. The number of nitrogens with two attached hydrogens (primary N) is 1. The van der Waals surface area contributed by atoms with Crippen LogP contribution in [-0.2, 0) is 27.8 Å². The fraction of sp³-hybridized carbons (Fsp3) is 0.286. The van der Waals surface area contributed by atoms with E-state index in [2.05, 4.69) is 10.5 Å². The Morgan fingerprint density at radius 1 is 1.43 bits per heavy atom. The minimum Gasteiger partial charge on any atom is -0.352 e. The summed E-state index contributed by atoms with van der Waals surface area (Å²) in [6.45, 7) is 1.96. The first kappa shape index (κ1) is 17.5. The number of nitrogens with one attached hydrogen (secondary N) is 1. The van der Waals surface area contributed by atoms with Crippen molar-refractivity contribution in [2.24, 2.45) is 5.14 Å². The van der Waals surface area contributed by atoms with Gasteiger partial charge >= 0.3 is 0 Å². The van der Waals surface area contributed by atoms with E-state index in [4.69, 9.17) is 21.3 Å². The van der Waals surface area contributed by atoms with Crippen molar-refractivity contribution in [1.29, 1.82) is 0 Å².